The summed E-state index contributed by atoms with van der Waals surface area (Å²) in [6.07, 6.45) is 7.00. The number of β-amino-alcohol motifs (C(OH)–C–C–N with tert-alkyl or cyclic N) is 1. The maximum atomic E-state index is 14.0. The molecule has 1 aliphatic heterocycles. The molecule has 1 aromatic carbocycles. The van der Waals surface area contributed by atoms with Crippen LogP contribution in [0.2, 0.25) is 0 Å². The van der Waals surface area contributed by atoms with E-state index in [9.17, 15) is 14.7 Å². The number of carbonyl (C=O) groups is 2. The molecule has 4 heterocycles. The minimum Gasteiger partial charge on any atom is -0.474 e. The van der Waals surface area contributed by atoms with Crippen molar-refractivity contribution in [3.63, 3.8) is 0 Å². The van der Waals surface area contributed by atoms with Gasteiger partial charge in [-0.25, -0.2) is 9.97 Å². The Kier molecular flexibility index (Phi) is 9.00. The van der Waals surface area contributed by atoms with Crippen LogP contribution >= 0.6 is 11.3 Å². The van der Waals surface area contributed by atoms with E-state index < -0.39 is 18.2 Å². The Morgan fingerprint density at radius 1 is 1.09 bits per heavy atom. The molecule has 2 N–H and O–H groups in total. The topological polar surface area (TPSA) is 122 Å². The molecule has 2 amide bonds. The molecule has 0 spiro atoms. The largest absolute Gasteiger partial charge is 0.474 e. The number of aromatic nitrogens is 4. The lowest BCUT2D eigenvalue weighted by Crippen LogP contribution is -2.49. The summed E-state index contributed by atoms with van der Waals surface area (Å²) in [5.41, 5.74) is 6.60. The zero-order valence-electron chi connectivity index (χ0n) is 26.1. The number of aryl methyl sites for hydroxylation is 1. The van der Waals surface area contributed by atoms with Crippen molar-refractivity contribution in [2.75, 3.05) is 6.54 Å². The maximum Gasteiger partial charge on any atom is 0.248 e. The van der Waals surface area contributed by atoms with Crippen LogP contribution in [0.5, 0.6) is 5.88 Å². The zero-order valence-corrected chi connectivity index (χ0v) is 26.9. The third-order valence-corrected chi connectivity index (χ3v) is 9.73. The SMILES string of the molecule is Cc1ncsc1-c1ccc(CNC(=O)[C@@H]2C[C@@H](O)CN2C(=O)C(C(C)C)n2cc(-c3ccnc(O[C@H]4C[C@@H](C)C4)c3)cn2)cc1. The average Bonchev–Trinajstić information content (AvgIpc) is 3.76. The van der Waals surface area contributed by atoms with E-state index in [0.717, 1.165) is 45.7 Å². The predicted octanol–water partition coefficient (Wildman–Crippen LogP) is 5.03. The third kappa shape index (κ3) is 6.79. The first-order chi connectivity index (χ1) is 21.7. The molecule has 0 radical (unpaired) electrons. The van der Waals surface area contributed by atoms with Crippen LogP contribution in [0, 0.1) is 18.8 Å². The number of carbonyl (C=O) groups excluding carboxylic acids is 2. The van der Waals surface area contributed by atoms with Gasteiger partial charge in [-0.3, -0.25) is 14.3 Å². The number of amides is 2. The summed E-state index contributed by atoms with van der Waals surface area (Å²) >= 11 is 1.60. The van der Waals surface area contributed by atoms with Gasteiger partial charge >= 0.3 is 0 Å². The summed E-state index contributed by atoms with van der Waals surface area (Å²) < 4.78 is 7.71. The van der Waals surface area contributed by atoms with Crippen LogP contribution < -0.4 is 10.1 Å². The molecule has 1 unspecified atom stereocenters. The number of nitrogens with one attached hydrogen (secondary N) is 1. The van der Waals surface area contributed by atoms with Crippen LogP contribution in [0.25, 0.3) is 21.6 Å². The number of ether oxygens (including phenoxy) is 1. The molecule has 236 valence electrons. The molecule has 2 aliphatic rings. The Hall–Kier alpha value is -4.09. The second-order valence-corrected chi connectivity index (χ2v) is 13.5. The first-order valence-electron chi connectivity index (χ1n) is 15.6. The number of rotatable bonds is 10. The van der Waals surface area contributed by atoms with E-state index in [1.807, 2.05) is 68.9 Å². The quantitative estimate of drug-likeness (QED) is 0.253. The minimum absolute atomic E-state index is 0.0992. The first-order valence-corrected chi connectivity index (χ1v) is 16.5. The fraction of sp³-hybridized carbons (Fsp3) is 0.441. The normalized spacial score (nSPS) is 21.9. The van der Waals surface area contributed by atoms with Gasteiger partial charge in [0.25, 0.3) is 0 Å². The molecule has 0 bridgehead atoms. The molecule has 3 aromatic heterocycles. The monoisotopic (exact) mass is 628 g/mol. The summed E-state index contributed by atoms with van der Waals surface area (Å²) in [4.78, 5) is 38.7. The van der Waals surface area contributed by atoms with E-state index in [-0.39, 0.29) is 36.8 Å². The van der Waals surface area contributed by atoms with Crippen molar-refractivity contribution in [2.24, 2.45) is 11.8 Å². The fourth-order valence-corrected chi connectivity index (χ4v) is 7.04. The number of pyridine rings is 1. The first kappa shape index (κ1) is 30.9. The van der Waals surface area contributed by atoms with E-state index in [1.54, 1.807) is 28.4 Å². The smallest absolute Gasteiger partial charge is 0.248 e. The molecule has 1 aliphatic carbocycles. The van der Waals surface area contributed by atoms with Gasteiger partial charge in [-0.1, -0.05) is 45.0 Å². The zero-order chi connectivity index (χ0) is 31.7. The molecule has 11 heteroatoms. The van der Waals surface area contributed by atoms with Crippen LogP contribution in [0.15, 0.2) is 60.5 Å². The summed E-state index contributed by atoms with van der Waals surface area (Å²) in [5, 5.41) is 18.1. The number of hydrogen-bond acceptors (Lipinski definition) is 8. The Morgan fingerprint density at radius 3 is 2.56 bits per heavy atom. The second-order valence-electron chi connectivity index (χ2n) is 12.7. The van der Waals surface area contributed by atoms with Crippen molar-refractivity contribution < 1.29 is 19.4 Å². The fourth-order valence-electron chi connectivity index (χ4n) is 6.23. The van der Waals surface area contributed by atoms with Gasteiger partial charge in [0.15, 0.2) is 0 Å². The van der Waals surface area contributed by atoms with Crippen LogP contribution in [0.1, 0.15) is 57.3 Å². The number of nitrogens with zero attached hydrogens (tertiary/aromatic N) is 5. The van der Waals surface area contributed by atoms with E-state index in [2.05, 4.69) is 27.3 Å². The third-order valence-electron chi connectivity index (χ3n) is 8.75. The molecule has 1 saturated heterocycles. The second kappa shape index (κ2) is 13.1. The number of aliphatic hydroxyl groups is 1. The number of hydrogen-bond donors (Lipinski definition) is 2. The highest BCUT2D eigenvalue weighted by Gasteiger charge is 2.42. The van der Waals surface area contributed by atoms with Crippen molar-refractivity contribution in [2.45, 2.75) is 77.8 Å². The van der Waals surface area contributed by atoms with E-state index >= 15 is 0 Å². The Morgan fingerprint density at radius 2 is 1.87 bits per heavy atom. The lowest BCUT2D eigenvalue weighted by atomic mass is 9.84. The van der Waals surface area contributed by atoms with Gasteiger partial charge in [-0.05, 0) is 54.4 Å². The number of likely N-dealkylation sites (tertiary alicyclic amines) is 1. The molecule has 45 heavy (non-hydrogen) atoms. The Balaban J connectivity index is 1.12. The van der Waals surface area contributed by atoms with Crippen LogP contribution in [0.3, 0.4) is 0 Å². The summed E-state index contributed by atoms with van der Waals surface area (Å²) in [6, 6.07) is 10.4. The van der Waals surface area contributed by atoms with Crippen molar-refractivity contribution in [1.29, 1.82) is 0 Å². The van der Waals surface area contributed by atoms with Gasteiger partial charge in [0.2, 0.25) is 17.7 Å². The molecule has 3 atom stereocenters. The molecule has 10 nitrogen and oxygen atoms in total. The van der Waals surface area contributed by atoms with E-state index in [4.69, 9.17) is 4.74 Å². The van der Waals surface area contributed by atoms with Crippen LogP contribution in [0.4, 0.5) is 0 Å². The summed E-state index contributed by atoms with van der Waals surface area (Å²) in [7, 11) is 0. The summed E-state index contributed by atoms with van der Waals surface area (Å²) in [6.45, 7) is 8.54. The Bertz CT molecular complexity index is 1640. The molecular weight excluding hydrogens is 588 g/mol. The van der Waals surface area contributed by atoms with E-state index in [1.165, 1.54) is 4.90 Å². The minimum atomic E-state index is -0.776. The van der Waals surface area contributed by atoms with Gasteiger partial charge < -0.3 is 20.1 Å². The van der Waals surface area contributed by atoms with Gasteiger partial charge in [0.05, 0.1) is 28.4 Å². The summed E-state index contributed by atoms with van der Waals surface area (Å²) in [5.74, 6) is 0.638. The lowest BCUT2D eigenvalue weighted by Gasteiger charge is -2.32. The highest BCUT2D eigenvalue weighted by molar-refractivity contribution is 7.13. The van der Waals surface area contributed by atoms with Crippen LogP contribution in [-0.2, 0) is 16.1 Å². The number of aliphatic hydroxyl groups excluding tert-OH is 1. The maximum absolute atomic E-state index is 14.0. The molecular formula is C34H40N6O4S. The van der Waals surface area contributed by atoms with Crippen molar-refractivity contribution in [3.8, 4) is 27.4 Å². The van der Waals surface area contributed by atoms with Gasteiger partial charge in [0, 0.05) is 43.5 Å². The van der Waals surface area contributed by atoms with Crippen molar-refractivity contribution >= 4 is 23.2 Å². The molecule has 6 rings (SSSR count). The van der Waals surface area contributed by atoms with Crippen LogP contribution in [-0.4, -0.2) is 66.4 Å². The van der Waals surface area contributed by atoms with E-state index in [0.29, 0.717) is 18.3 Å². The van der Waals surface area contributed by atoms with Crippen molar-refractivity contribution in [1.82, 2.24) is 30.0 Å². The lowest BCUT2D eigenvalue weighted by molar-refractivity contribution is -0.142. The van der Waals surface area contributed by atoms with Gasteiger partial charge in [-0.2, -0.15) is 5.10 Å². The predicted molar refractivity (Wildman–Crippen MR) is 172 cm³/mol. The molecule has 4 aromatic rings. The molecule has 2 fully saturated rings. The van der Waals surface area contributed by atoms with Crippen molar-refractivity contribution in [3.05, 3.63) is 71.8 Å². The Labute approximate surface area is 267 Å². The highest BCUT2D eigenvalue weighted by Crippen LogP contribution is 2.33. The number of benzene rings is 1. The number of thiazole rings is 1. The van der Waals surface area contributed by atoms with Gasteiger partial charge in [0.1, 0.15) is 18.2 Å². The standard InChI is InChI=1S/C34H40N6O4S/c1-20(2)31(40-17-26(16-38-40)25-9-10-35-30(13-25)44-28-11-21(3)12-28)34(43)39-18-27(41)14-29(39)33(42)36-15-23-5-7-24(8-6-23)32-22(4)37-19-45-32/h5-10,13,16-17,19-21,27-29,31,41H,11-12,14-15,18H2,1-4H3,(H,36,42)/t21-,27-,28+,29+,31?/m1/s1. The van der Waals surface area contributed by atoms with Gasteiger partial charge in [-0.15, -0.1) is 11.3 Å². The highest BCUT2D eigenvalue weighted by atomic mass is 32.1. The average molecular weight is 629 g/mol. The molecule has 1 saturated carbocycles.